The van der Waals surface area contributed by atoms with Gasteiger partial charge in [-0.05, 0) is 42.4 Å². The summed E-state index contributed by atoms with van der Waals surface area (Å²) in [4.78, 5) is 24.1. The van der Waals surface area contributed by atoms with E-state index >= 15 is 0 Å². The van der Waals surface area contributed by atoms with Gasteiger partial charge >= 0.3 is 5.97 Å². The molecular formula is C19H27NO3. The van der Waals surface area contributed by atoms with Crippen molar-refractivity contribution in [1.29, 1.82) is 0 Å². The number of hydrogen-bond acceptors (Lipinski definition) is 3. The van der Waals surface area contributed by atoms with Crippen molar-refractivity contribution in [2.45, 2.75) is 51.5 Å². The molecule has 1 rings (SSSR count). The zero-order valence-corrected chi connectivity index (χ0v) is 14.5. The number of carbonyl (C=O) groups is 2. The highest BCUT2D eigenvalue weighted by Crippen LogP contribution is 2.22. The molecule has 0 aliphatic rings. The molecule has 0 unspecified atom stereocenters. The van der Waals surface area contributed by atoms with E-state index in [1.54, 1.807) is 18.2 Å². The SMILES string of the molecule is C=CCCC[C@@H](NC(=O)c1ccc(C(C)(C)C)cc1)C(=O)OC. The van der Waals surface area contributed by atoms with E-state index in [1.165, 1.54) is 7.11 Å². The Morgan fingerprint density at radius 2 is 1.87 bits per heavy atom. The number of methoxy groups -OCH3 is 1. The number of nitrogens with one attached hydrogen (secondary N) is 1. The Morgan fingerprint density at radius 3 is 2.35 bits per heavy atom. The molecule has 4 heteroatoms. The third-order valence-electron chi connectivity index (χ3n) is 3.71. The van der Waals surface area contributed by atoms with Crippen LogP contribution in [0.15, 0.2) is 36.9 Å². The van der Waals surface area contributed by atoms with Crippen molar-refractivity contribution >= 4 is 11.9 Å². The summed E-state index contributed by atoms with van der Waals surface area (Å²) in [6.45, 7) is 10.0. The average molecular weight is 317 g/mol. The molecule has 0 heterocycles. The number of carbonyl (C=O) groups excluding carboxylic acids is 2. The van der Waals surface area contributed by atoms with Gasteiger partial charge in [-0.3, -0.25) is 4.79 Å². The number of esters is 1. The summed E-state index contributed by atoms with van der Waals surface area (Å²) < 4.78 is 4.76. The molecule has 0 spiro atoms. The normalized spacial score (nSPS) is 12.3. The van der Waals surface area contributed by atoms with Crippen LogP contribution in [0.1, 0.15) is 56.0 Å². The van der Waals surface area contributed by atoms with Gasteiger partial charge < -0.3 is 10.1 Å². The maximum atomic E-state index is 12.3. The lowest BCUT2D eigenvalue weighted by Crippen LogP contribution is -2.41. The smallest absolute Gasteiger partial charge is 0.328 e. The van der Waals surface area contributed by atoms with Crippen molar-refractivity contribution in [1.82, 2.24) is 5.32 Å². The lowest BCUT2D eigenvalue weighted by molar-refractivity contribution is -0.143. The number of ether oxygens (including phenoxy) is 1. The van der Waals surface area contributed by atoms with Gasteiger partial charge in [-0.2, -0.15) is 0 Å². The van der Waals surface area contributed by atoms with E-state index in [0.29, 0.717) is 12.0 Å². The fourth-order valence-electron chi connectivity index (χ4n) is 2.22. The van der Waals surface area contributed by atoms with Crippen LogP contribution in [0.2, 0.25) is 0 Å². The maximum absolute atomic E-state index is 12.3. The number of rotatable bonds is 7. The van der Waals surface area contributed by atoms with E-state index in [-0.39, 0.29) is 11.3 Å². The highest BCUT2D eigenvalue weighted by Gasteiger charge is 2.22. The van der Waals surface area contributed by atoms with Gasteiger partial charge in [-0.1, -0.05) is 39.0 Å². The standard InChI is InChI=1S/C19H27NO3/c1-6-7-8-9-16(18(22)23-5)20-17(21)14-10-12-15(13-11-14)19(2,3)4/h6,10-13,16H,1,7-9H2,2-5H3,(H,20,21)/t16-/m1/s1. The van der Waals surface area contributed by atoms with E-state index in [4.69, 9.17) is 4.74 Å². The minimum atomic E-state index is -0.630. The lowest BCUT2D eigenvalue weighted by Gasteiger charge is -2.20. The lowest BCUT2D eigenvalue weighted by atomic mass is 9.86. The van der Waals surface area contributed by atoms with Gasteiger partial charge in [-0.15, -0.1) is 6.58 Å². The van der Waals surface area contributed by atoms with Crippen molar-refractivity contribution < 1.29 is 14.3 Å². The Kier molecular flexibility index (Phi) is 7.01. The number of hydrogen-bond donors (Lipinski definition) is 1. The number of allylic oxidation sites excluding steroid dienone is 1. The topological polar surface area (TPSA) is 55.4 Å². The summed E-state index contributed by atoms with van der Waals surface area (Å²) in [5, 5.41) is 2.75. The Labute approximate surface area is 138 Å². The van der Waals surface area contributed by atoms with Crippen LogP contribution in [0, 0.1) is 0 Å². The minimum absolute atomic E-state index is 0.0360. The van der Waals surface area contributed by atoms with Crippen molar-refractivity contribution in [3.05, 3.63) is 48.0 Å². The Morgan fingerprint density at radius 1 is 1.26 bits per heavy atom. The molecule has 126 valence electrons. The van der Waals surface area contributed by atoms with Crippen LogP contribution in [-0.4, -0.2) is 25.0 Å². The highest BCUT2D eigenvalue weighted by molar-refractivity contribution is 5.96. The summed E-state index contributed by atoms with van der Waals surface area (Å²) in [7, 11) is 1.33. The third-order valence-corrected chi connectivity index (χ3v) is 3.71. The molecule has 0 aromatic heterocycles. The summed E-state index contributed by atoms with van der Waals surface area (Å²) >= 11 is 0. The van der Waals surface area contributed by atoms with Crippen LogP contribution < -0.4 is 5.32 Å². The summed E-state index contributed by atoms with van der Waals surface area (Å²) in [6, 6.07) is 6.83. The minimum Gasteiger partial charge on any atom is -0.467 e. The second-order valence-corrected chi connectivity index (χ2v) is 6.60. The van der Waals surface area contributed by atoms with Gasteiger partial charge in [0.05, 0.1) is 7.11 Å². The van der Waals surface area contributed by atoms with Gasteiger partial charge in [0.15, 0.2) is 0 Å². The number of amides is 1. The van der Waals surface area contributed by atoms with Crippen molar-refractivity contribution in [3.63, 3.8) is 0 Å². The molecule has 1 amide bonds. The van der Waals surface area contributed by atoms with Crippen LogP contribution >= 0.6 is 0 Å². The third kappa shape index (κ3) is 5.89. The van der Waals surface area contributed by atoms with Crippen molar-refractivity contribution in [2.75, 3.05) is 7.11 Å². The van der Waals surface area contributed by atoms with E-state index in [2.05, 4.69) is 32.7 Å². The number of unbranched alkanes of at least 4 members (excludes halogenated alkanes) is 1. The molecule has 4 nitrogen and oxygen atoms in total. The zero-order valence-electron chi connectivity index (χ0n) is 14.5. The molecular weight excluding hydrogens is 290 g/mol. The Bertz CT molecular complexity index is 541. The monoisotopic (exact) mass is 317 g/mol. The average Bonchev–Trinajstić information content (AvgIpc) is 2.52. The molecule has 0 saturated heterocycles. The maximum Gasteiger partial charge on any atom is 0.328 e. The summed E-state index contributed by atoms with van der Waals surface area (Å²) in [5.74, 6) is -0.687. The zero-order chi connectivity index (χ0) is 17.5. The predicted octanol–water partition coefficient (Wildman–Crippen LogP) is 3.61. The van der Waals surface area contributed by atoms with Crippen LogP contribution in [-0.2, 0) is 14.9 Å². The summed E-state index contributed by atoms with van der Waals surface area (Å²) in [6.07, 6.45) is 3.89. The molecule has 1 N–H and O–H groups in total. The first-order valence-electron chi connectivity index (χ1n) is 7.89. The van der Waals surface area contributed by atoms with Crippen molar-refractivity contribution in [3.8, 4) is 0 Å². The first-order valence-corrected chi connectivity index (χ1v) is 7.89. The Hall–Kier alpha value is -2.10. The quantitative estimate of drug-likeness (QED) is 0.475. The molecule has 1 atom stereocenters. The highest BCUT2D eigenvalue weighted by atomic mass is 16.5. The van der Waals surface area contributed by atoms with E-state index < -0.39 is 12.0 Å². The van der Waals surface area contributed by atoms with Crippen molar-refractivity contribution in [2.24, 2.45) is 0 Å². The fraction of sp³-hybridized carbons (Fsp3) is 0.474. The molecule has 0 fully saturated rings. The fourth-order valence-corrected chi connectivity index (χ4v) is 2.22. The Balaban J connectivity index is 2.77. The largest absolute Gasteiger partial charge is 0.467 e. The summed E-state index contributed by atoms with van der Waals surface area (Å²) in [5.41, 5.74) is 1.73. The molecule has 23 heavy (non-hydrogen) atoms. The molecule has 0 radical (unpaired) electrons. The first-order chi connectivity index (χ1) is 10.8. The molecule has 0 aliphatic heterocycles. The van der Waals surface area contributed by atoms with E-state index in [0.717, 1.165) is 18.4 Å². The predicted molar refractivity (Wildman–Crippen MR) is 92.5 cm³/mol. The van der Waals surface area contributed by atoms with Crippen LogP contribution in [0.4, 0.5) is 0 Å². The van der Waals surface area contributed by atoms with E-state index in [9.17, 15) is 9.59 Å². The van der Waals surface area contributed by atoms with Gasteiger partial charge in [0.1, 0.15) is 6.04 Å². The van der Waals surface area contributed by atoms with E-state index in [1.807, 2.05) is 12.1 Å². The molecule has 1 aromatic rings. The van der Waals surface area contributed by atoms with Crippen LogP contribution in [0.5, 0.6) is 0 Å². The second kappa shape index (κ2) is 8.51. The second-order valence-electron chi connectivity index (χ2n) is 6.60. The molecule has 0 saturated carbocycles. The van der Waals surface area contributed by atoms with Gasteiger partial charge in [0.25, 0.3) is 5.91 Å². The first kappa shape index (κ1) is 18.9. The van der Waals surface area contributed by atoms with Crippen LogP contribution in [0.25, 0.3) is 0 Å². The molecule has 1 aromatic carbocycles. The van der Waals surface area contributed by atoms with Gasteiger partial charge in [-0.25, -0.2) is 4.79 Å². The molecule has 0 aliphatic carbocycles. The number of benzene rings is 1. The van der Waals surface area contributed by atoms with Gasteiger partial charge in [0, 0.05) is 5.56 Å². The van der Waals surface area contributed by atoms with Gasteiger partial charge in [0.2, 0.25) is 0 Å². The molecule has 0 bridgehead atoms. The van der Waals surface area contributed by atoms with Crippen LogP contribution in [0.3, 0.4) is 0 Å².